The average molecular weight is 331 g/mol. The van der Waals surface area contributed by atoms with Gasteiger partial charge in [-0.2, -0.15) is 0 Å². The van der Waals surface area contributed by atoms with E-state index in [1.54, 1.807) is 12.4 Å². The van der Waals surface area contributed by atoms with Gasteiger partial charge < -0.3 is 14.8 Å². The van der Waals surface area contributed by atoms with E-state index >= 15 is 0 Å². The van der Waals surface area contributed by atoms with Crippen LogP contribution in [0.3, 0.4) is 0 Å². The summed E-state index contributed by atoms with van der Waals surface area (Å²) in [5.74, 6) is 0.410. The van der Waals surface area contributed by atoms with E-state index in [1.807, 2.05) is 12.1 Å². The number of carbonyl (C=O) groups excluding carboxylic acids is 1. The summed E-state index contributed by atoms with van der Waals surface area (Å²) in [6.07, 6.45) is 6.68. The van der Waals surface area contributed by atoms with E-state index in [1.165, 1.54) is 0 Å². The van der Waals surface area contributed by atoms with Crippen molar-refractivity contribution in [1.29, 1.82) is 0 Å². The predicted octanol–water partition coefficient (Wildman–Crippen LogP) is 1.54. The number of fused-ring (bicyclic) bond motifs is 1. The Morgan fingerprint density at radius 3 is 2.88 bits per heavy atom. The van der Waals surface area contributed by atoms with E-state index in [9.17, 15) is 4.79 Å². The smallest absolute Gasteiger partial charge is 0.229 e. The summed E-state index contributed by atoms with van der Waals surface area (Å²) in [6, 6.07) is 4.23. The van der Waals surface area contributed by atoms with Gasteiger partial charge in [0, 0.05) is 51.1 Å². The molecule has 1 N–H and O–H groups in total. The molecule has 0 spiro atoms. The van der Waals surface area contributed by atoms with Gasteiger partial charge in [-0.1, -0.05) is 0 Å². The molecule has 0 saturated carbocycles. The summed E-state index contributed by atoms with van der Waals surface area (Å²) in [6.45, 7) is 4.19. The molecule has 0 radical (unpaired) electrons. The molecular formula is C18H25N3O3. The van der Waals surface area contributed by atoms with E-state index in [0.717, 1.165) is 57.9 Å². The number of amides is 1. The number of likely N-dealkylation sites (tertiary alicyclic amines) is 1. The van der Waals surface area contributed by atoms with Crippen molar-refractivity contribution >= 4 is 11.6 Å². The zero-order chi connectivity index (χ0) is 16.4. The maximum absolute atomic E-state index is 12.9. The topological polar surface area (TPSA) is 63.7 Å². The second-order valence-electron chi connectivity index (χ2n) is 7.00. The van der Waals surface area contributed by atoms with Crippen molar-refractivity contribution in [2.75, 3.05) is 38.2 Å². The lowest BCUT2D eigenvalue weighted by Crippen LogP contribution is -2.55. The van der Waals surface area contributed by atoms with Gasteiger partial charge in [-0.05, 0) is 31.4 Å². The maximum Gasteiger partial charge on any atom is 0.229 e. The standard InChI is InChI=1S/C18H25N3O3/c22-18(20-13-2-1-6-19-10-13)16-11-21(14-3-7-23-8-4-14)12-17-15(16)5-9-24-17/h1-2,6,10,14-17H,3-5,7-9,11-12H2,(H,20,22)/t15-,16-,17+/m1/s1. The van der Waals surface area contributed by atoms with Crippen LogP contribution in [-0.4, -0.2) is 60.8 Å². The summed E-state index contributed by atoms with van der Waals surface area (Å²) < 4.78 is 11.4. The van der Waals surface area contributed by atoms with Gasteiger partial charge in [-0.3, -0.25) is 14.7 Å². The fraction of sp³-hybridized carbons (Fsp3) is 0.667. The molecule has 3 aliphatic rings. The maximum atomic E-state index is 12.9. The third kappa shape index (κ3) is 3.31. The van der Waals surface area contributed by atoms with Gasteiger partial charge in [0.2, 0.25) is 5.91 Å². The van der Waals surface area contributed by atoms with Crippen LogP contribution in [0.5, 0.6) is 0 Å². The molecule has 1 aromatic heterocycles. The molecule has 0 bridgehead atoms. The number of hydrogen-bond acceptors (Lipinski definition) is 5. The van der Waals surface area contributed by atoms with Crippen molar-refractivity contribution in [3.8, 4) is 0 Å². The molecule has 24 heavy (non-hydrogen) atoms. The highest BCUT2D eigenvalue weighted by atomic mass is 16.5. The third-order valence-electron chi connectivity index (χ3n) is 5.60. The van der Waals surface area contributed by atoms with Crippen LogP contribution in [-0.2, 0) is 14.3 Å². The fourth-order valence-electron chi connectivity index (χ4n) is 4.30. The quantitative estimate of drug-likeness (QED) is 0.910. The molecule has 0 aliphatic carbocycles. The van der Waals surface area contributed by atoms with Gasteiger partial charge in [0.25, 0.3) is 0 Å². The van der Waals surface area contributed by atoms with Crippen molar-refractivity contribution in [3.63, 3.8) is 0 Å². The first-order chi connectivity index (χ1) is 11.8. The first-order valence-electron chi connectivity index (χ1n) is 8.95. The van der Waals surface area contributed by atoms with E-state index in [-0.39, 0.29) is 17.9 Å². The van der Waals surface area contributed by atoms with Gasteiger partial charge in [-0.15, -0.1) is 0 Å². The molecule has 6 nitrogen and oxygen atoms in total. The predicted molar refractivity (Wildman–Crippen MR) is 89.6 cm³/mol. The minimum atomic E-state index is -0.0192. The molecule has 3 atom stereocenters. The summed E-state index contributed by atoms with van der Waals surface area (Å²) in [5, 5.41) is 3.04. The number of pyridine rings is 1. The van der Waals surface area contributed by atoms with Crippen molar-refractivity contribution in [2.45, 2.75) is 31.4 Å². The van der Waals surface area contributed by atoms with E-state index in [4.69, 9.17) is 9.47 Å². The molecule has 1 amide bonds. The van der Waals surface area contributed by atoms with Crippen LogP contribution in [0, 0.1) is 11.8 Å². The molecule has 3 aliphatic heterocycles. The summed E-state index contributed by atoms with van der Waals surface area (Å²) in [4.78, 5) is 19.4. The Kier molecular flexibility index (Phi) is 4.78. The van der Waals surface area contributed by atoms with Crippen molar-refractivity contribution in [1.82, 2.24) is 9.88 Å². The lowest BCUT2D eigenvalue weighted by molar-refractivity contribution is -0.127. The number of ether oxygens (including phenoxy) is 2. The number of piperidine rings is 1. The first kappa shape index (κ1) is 16.0. The number of carbonyl (C=O) groups is 1. The summed E-state index contributed by atoms with van der Waals surface area (Å²) in [5.41, 5.74) is 0.765. The fourth-order valence-corrected chi connectivity index (χ4v) is 4.30. The Labute approximate surface area is 142 Å². The van der Waals surface area contributed by atoms with Crippen LogP contribution in [0.25, 0.3) is 0 Å². The summed E-state index contributed by atoms with van der Waals surface area (Å²) >= 11 is 0. The Balaban J connectivity index is 1.47. The molecule has 0 unspecified atom stereocenters. The van der Waals surface area contributed by atoms with Crippen LogP contribution in [0.15, 0.2) is 24.5 Å². The van der Waals surface area contributed by atoms with Crippen LogP contribution < -0.4 is 5.32 Å². The minimum Gasteiger partial charge on any atom is -0.381 e. The van der Waals surface area contributed by atoms with E-state index < -0.39 is 0 Å². The SMILES string of the molecule is O=C(Nc1cccnc1)[C@@H]1CN(C2CCOCC2)C[C@@H]2OCC[C@@H]21. The van der Waals surface area contributed by atoms with Gasteiger partial charge in [0.1, 0.15) is 0 Å². The largest absolute Gasteiger partial charge is 0.381 e. The van der Waals surface area contributed by atoms with Crippen LogP contribution in [0.2, 0.25) is 0 Å². The molecule has 0 aromatic carbocycles. The first-order valence-corrected chi connectivity index (χ1v) is 8.95. The number of anilines is 1. The van der Waals surface area contributed by atoms with Gasteiger partial charge >= 0.3 is 0 Å². The minimum absolute atomic E-state index is 0.0192. The number of nitrogens with one attached hydrogen (secondary N) is 1. The second kappa shape index (κ2) is 7.17. The molecule has 1 aromatic rings. The molecule has 130 valence electrons. The second-order valence-corrected chi connectivity index (χ2v) is 7.00. The van der Waals surface area contributed by atoms with E-state index in [0.29, 0.717) is 12.0 Å². The normalized spacial score (nSPS) is 31.6. The van der Waals surface area contributed by atoms with Crippen molar-refractivity contribution < 1.29 is 14.3 Å². The van der Waals surface area contributed by atoms with E-state index in [2.05, 4.69) is 15.2 Å². The Bertz CT molecular complexity index is 562. The van der Waals surface area contributed by atoms with Gasteiger partial charge in [-0.25, -0.2) is 0 Å². The number of nitrogens with zero attached hydrogens (tertiary/aromatic N) is 2. The highest BCUT2D eigenvalue weighted by Gasteiger charge is 2.45. The Morgan fingerprint density at radius 1 is 1.21 bits per heavy atom. The van der Waals surface area contributed by atoms with Crippen LogP contribution in [0.1, 0.15) is 19.3 Å². The van der Waals surface area contributed by atoms with Gasteiger partial charge in [0.05, 0.1) is 23.9 Å². The molecular weight excluding hydrogens is 306 g/mol. The molecule has 4 heterocycles. The van der Waals surface area contributed by atoms with Crippen LogP contribution in [0.4, 0.5) is 5.69 Å². The highest BCUT2D eigenvalue weighted by Crippen LogP contribution is 2.36. The molecule has 3 fully saturated rings. The van der Waals surface area contributed by atoms with Gasteiger partial charge in [0.15, 0.2) is 0 Å². The third-order valence-corrected chi connectivity index (χ3v) is 5.60. The van der Waals surface area contributed by atoms with Crippen molar-refractivity contribution in [2.24, 2.45) is 11.8 Å². The lowest BCUT2D eigenvalue weighted by atomic mass is 9.81. The monoisotopic (exact) mass is 331 g/mol. The summed E-state index contributed by atoms with van der Waals surface area (Å²) in [7, 11) is 0. The highest BCUT2D eigenvalue weighted by molar-refractivity contribution is 5.92. The van der Waals surface area contributed by atoms with Crippen LogP contribution >= 0.6 is 0 Å². The lowest BCUT2D eigenvalue weighted by Gasteiger charge is -2.44. The molecule has 4 rings (SSSR count). The number of rotatable bonds is 3. The zero-order valence-corrected chi connectivity index (χ0v) is 13.9. The molecule has 3 saturated heterocycles. The average Bonchev–Trinajstić information content (AvgIpc) is 3.11. The number of aromatic nitrogens is 1. The molecule has 6 heteroatoms. The number of hydrogen-bond donors (Lipinski definition) is 1. The Hall–Kier alpha value is -1.50. The van der Waals surface area contributed by atoms with Crippen molar-refractivity contribution in [3.05, 3.63) is 24.5 Å². The Morgan fingerprint density at radius 2 is 2.08 bits per heavy atom. The zero-order valence-electron chi connectivity index (χ0n) is 13.9.